The predicted octanol–water partition coefficient (Wildman–Crippen LogP) is 14.5. The molecule has 0 spiro atoms. The van der Waals surface area contributed by atoms with Crippen molar-refractivity contribution in [2.24, 2.45) is 0 Å². The largest absolute Gasteiger partial charge is 0.466 e. The van der Waals surface area contributed by atoms with Crippen LogP contribution in [-0.2, 0) is 9.53 Å². The molecular formula is C43H84O3. The minimum Gasteiger partial charge on any atom is -0.466 e. The maximum absolute atomic E-state index is 12.0. The molecule has 1 N–H and O–H groups in total. The molecule has 0 heterocycles. The van der Waals surface area contributed by atoms with Gasteiger partial charge in [-0.2, -0.15) is 0 Å². The Hall–Kier alpha value is -0.830. The van der Waals surface area contributed by atoms with E-state index in [4.69, 9.17) is 9.84 Å². The van der Waals surface area contributed by atoms with E-state index >= 15 is 0 Å². The molecule has 0 aliphatic carbocycles. The van der Waals surface area contributed by atoms with Crippen LogP contribution < -0.4 is 0 Å². The van der Waals surface area contributed by atoms with E-state index in [1.807, 2.05) is 0 Å². The van der Waals surface area contributed by atoms with Gasteiger partial charge in [0.25, 0.3) is 0 Å². The normalized spacial score (nSPS) is 11.6. The molecule has 0 saturated heterocycles. The summed E-state index contributed by atoms with van der Waals surface area (Å²) in [5.74, 6) is 0.0184. The number of esters is 1. The van der Waals surface area contributed by atoms with Crippen molar-refractivity contribution in [2.45, 2.75) is 244 Å². The van der Waals surface area contributed by atoms with E-state index in [2.05, 4.69) is 19.1 Å². The second-order valence-electron chi connectivity index (χ2n) is 14.4. The number of aliphatic hydroxyl groups is 1. The molecule has 3 heteroatoms. The molecule has 0 aromatic heterocycles. The summed E-state index contributed by atoms with van der Waals surface area (Å²) in [7, 11) is 0. The standard InChI is InChI=1S/C43H84O3/c1-2-3-4-5-6-7-8-9-10-16-19-22-25-28-31-34-37-40-43(45)46-42-39-36-33-30-27-24-21-18-15-13-11-12-14-17-20-23-26-29-32-35-38-41-44/h9-10,44H,2-8,11-42H2,1H3. The first kappa shape index (κ1) is 45.2. The summed E-state index contributed by atoms with van der Waals surface area (Å²) in [5, 5.41) is 8.80. The van der Waals surface area contributed by atoms with Crippen molar-refractivity contribution in [1.29, 1.82) is 0 Å². The van der Waals surface area contributed by atoms with E-state index < -0.39 is 0 Å². The number of ether oxygens (including phenoxy) is 1. The van der Waals surface area contributed by atoms with Gasteiger partial charge in [-0.15, -0.1) is 0 Å². The van der Waals surface area contributed by atoms with Crippen LogP contribution in [0.25, 0.3) is 0 Å². The first-order chi connectivity index (χ1) is 22.8. The number of hydrogen-bond donors (Lipinski definition) is 1. The molecule has 0 aliphatic rings. The molecule has 274 valence electrons. The van der Waals surface area contributed by atoms with Gasteiger partial charge in [0, 0.05) is 13.0 Å². The highest BCUT2D eigenvalue weighted by Gasteiger charge is 2.03. The predicted molar refractivity (Wildman–Crippen MR) is 204 cm³/mol. The molecule has 46 heavy (non-hydrogen) atoms. The Bertz CT molecular complexity index is 587. The molecule has 0 bridgehead atoms. The Balaban J connectivity index is 3.17. The Morgan fingerprint density at radius 2 is 0.717 bits per heavy atom. The molecule has 0 rings (SSSR count). The Kier molecular flexibility index (Phi) is 41.4. The van der Waals surface area contributed by atoms with Crippen molar-refractivity contribution in [3.05, 3.63) is 12.2 Å². The molecule has 0 amide bonds. The number of carbonyl (C=O) groups excluding carboxylic acids is 1. The third-order valence-corrected chi connectivity index (χ3v) is 9.71. The maximum Gasteiger partial charge on any atom is 0.305 e. The van der Waals surface area contributed by atoms with Gasteiger partial charge in [-0.25, -0.2) is 0 Å². The fourth-order valence-electron chi connectivity index (χ4n) is 6.52. The maximum atomic E-state index is 12.0. The lowest BCUT2D eigenvalue weighted by Gasteiger charge is -2.06. The number of unbranched alkanes of at least 4 members (excludes halogenated alkanes) is 33. The van der Waals surface area contributed by atoms with E-state index in [1.54, 1.807) is 0 Å². The third-order valence-electron chi connectivity index (χ3n) is 9.71. The van der Waals surface area contributed by atoms with Gasteiger partial charge in [0.1, 0.15) is 0 Å². The average molecular weight is 649 g/mol. The number of allylic oxidation sites excluding steroid dienone is 2. The van der Waals surface area contributed by atoms with Crippen LogP contribution >= 0.6 is 0 Å². The zero-order valence-corrected chi connectivity index (χ0v) is 31.5. The van der Waals surface area contributed by atoms with Crippen molar-refractivity contribution in [3.63, 3.8) is 0 Å². The number of aliphatic hydroxyl groups excluding tert-OH is 1. The fraction of sp³-hybridized carbons (Fsp3) is 0.930. The highest BCUT2D eigenvalue weighted by Crippen LogP contribution is 2.16. The number of rotatable bonds is 40. The lowest BCUT2D eigenvalue weighted by atomic mass is 10.0. The van der Waals surface area contributed by atoms with Crippen LogP contribution in [0.4, 0.5) is 0 Å². The second kappa shape index (κ2) is 42.2. The molecule has 3 nitrogen and oxygen atoms in total. The summed E-state index contributed by atoms with van der Waals surface area (Å²) in [4.78, 5) is 12.0. The van der Waals surface area contributed by atoms with Crippen LogP contribution in [-0.4, -0.2) is 24.3 Å². The minimum atomic E-state index is 0.0184. The van der Waals surface area contributed by atoms with Crippen molar-refractivity contribution in [1.82, 2.24) is 0 Å². The number of carbonyl (C=O) groups is 1. The Labute approximate surface area is 289 Å². The highest BCUT2D eigenvalue weighted by molar-refractivity contribution is 5.69. The summed E-state index contributed by atoms with van der Waals surface area (Å²) in [5.41, 5.74) is 0. The summed E-state index contributed by atoms with van der Waals surface area (Å²) < 4.78 is 5.46. The molecular weight excluding hydrogens is 564 g/mol. The summed E-state index contributed by atoms with van der Waals surface area (Å²) >= 11 is 0. The summed E-state index contributed by atoms with van der Waals surface area (Å²) in [6, 6.07) is 0. The first-order valence-corrected chi connectivity index (χ1v) is 21.2. The molecule has 0 aliphatic heterocycles. The Morgan fingerprint density at radius 3 is 1.09 bits per heavy atom. The van der Waals surface area contributed by atoms with Gasteiger partial charge in [-0.05, 0) is 44.9 Å². The van der Waals surface area contributed by atoms with Crippen LogP contribution in [0.2, 0.25) is 0 Å². The van der Waals surface area contributed by atoms with Crippen LogP contribution in [0.15, 0.2) is 12.2 Å². The smallest absolute Gasteiger partial charge is 0.305 e. The van der Waals surface area contributed by atoms with E-state index in [0.29, 0.717) is 19.6 Å². The van der Waals surface area contributed by atoms with Crippen molar-refractivity contribution < 1.29 is 14.6 Å². The Morgan fingerprint density at radius 1 is 0.413 bits per heavy atom. The van der Waals surface area contributed by atoms with Crippen LogP contribution in [0.1, 0.15) is 244 Å². The zero-order valence-electron chi connectivity index (χ0n) is 31.5. The quantitative estimate of drug-likeness (QED) is 0.0408. The van der Waals surface area contributed by atoms with Crippen molar-refractivity contribution in [3.8, 4) is 0 Å². The van der Waals surface area contributed by atoms with Gasteiger partial charge in [0.15, 0.2) is 0 Å². The van der Waals surface area contributed by atoms with Gasteiger partial charge in [0.2, 0.25) is 0 Å². The van der Waals surface area contributed by atoms with Crippen LogP contribution in [0.3, 0.4) is 0 Å². The summed E-state index contributed by atoms with van der Waals surface area (Å²) in [6.07, 6.45) is 53.1. The molecule has 0 radical (unpaired) electrons. The zero-order chi connectivity index (χ0) is 33.3. The second-order valence-corrected chi connectivity index (χ2v) is 14.4. The lowest BCUT2D eigenvalue weighted by molar-refractivity contribution is -0.143. The van der Waals surface area contributed by atoms with Crippen LogP contribution in [0, 0.1) is 0 Å². The van der Waals surface area contributed by atoms with Crippen molar-refractivity contribution >= 4 is 5.97 Å². The molecule has 0 fully saturated rings. The van der Waals surface area contributed by atoms with Gasteiger partial charge in [-0.1, -0.05) is 205 Å². The molecule has 0 unspecified atom stereocenters. The summed E-state index contributed by atoms with van der Waals surface area (Å²) in [6.45, 7) is 3.27. The number of hydrogen-bond acceptors (Lipinski definition) is 3. The minimum absolute atomic E-state index is 0.0184. The van der Waals surface area contributed by atoms with E-state index in [9.17, 15) is 4.79 Å². The van der Waals surface area contributed by atoms with Crippen molar-refractivity contribution in [2.75, 3.05) is 13.2 Å². The average Bonchev–Trinajstić information content (AvgIpc) is 3.06. The molecule has 0 saturated carbocycles. The van der Waals surface area contributed by atoms with Gasteiger partial charge < -0.3 is 9.84 Å². The van der Waals surface area contributed by atoms with Gasteiger partial charge in [-0.3, -0.25) is 4.79 Å². The molecule has 0 atom stereocenters. The third kappa shape index (κ3) is 41.2. The topological polar surface area (TPSA) is 46.5 Å². The molecule has 0 aromatic rings. The first-order valence-electron chi connectivity index (χ1n) is 21.2. The molecule has 0 aromatic carbocycles. The lowest BCUT2D eigenvalue weighted by Crippen LogP contribution is -2.05. The van der Waals surface area contributed by atoms with E-state index in [0.717, 1.165) is 19.3 Å². The van der Waals surface area contributed by atoms with Gasteiger partial charge in [0.05, 0.1) is 6.61 Å². The fourth-order valence-corrected chi connectivity index (χ4v) is 6.52. The van der Waals surface area contributed by atoms with Crippen LogP contribution in [0.5, 0.6) is 0 Å². The monoisotopic (exact) mass is 649 g/mol. The highest BCUT2D eigenvalue weighted by atomic mass is 16.5. The van der Waals surface area contributed by atoms with E-state index in [-0.39, 0.29) is 5.97 Å². The van der Waals surface area contributed by atoms with Gasteiger partial charge >= 0.3 is 5.97 Å². The SMILES string of the molecule is CCCCCCCCC=CCCCCCCCCCC(=O)OCCCCCCCCCCCCCCCCCCCCCCCO. The van der Waals surface area contributed by atoms with E-state index in [1.165, 1.54) is 212 Å².